The van der Waals surface area contributed by atoms with Gasteiger partial charge in [0.25, 0.3) is 0 Å². The van der Waals surface area contributed by atoms with Crippen molar-refractivity contribution in [3.05, 3.63) is 0 Å². The molecule has 0 bridgehead atoms. The van der Waals surface area contributed by atoms with E-state index in [1.54, 1.807) is 7.11 Å². The molecule has 0 aliphatic carbocycles. The first-order valence-electron chi connectivity index (χ1n) is 5.03. The van der Waals surface area contributed by atoms with Crippen LogP contribution in [0.15, 0.2) is 0 Å². The summed E-state index contributed by atoms with van der Waals surface area (Å²) in [4.78, 5) is 0. The van der Waals surface area contributed by atoms with Crippen molar-refractivity contribution in [2.45, 2.75) is 45.9 Å². The predicted molar refractivity (Wildman–Crippen MR) is 59.4 cm³/mol. The van der Waals surface area contributed by atoms with Crippen LogP contribution in [-0.2, 0) is 4.74 Å². The van der Waals surface area contributed by atoms with Crippen LogP contribution in [0.1, 0.15) is 40.5 Å². The summed E-state index contributed by atoms with van der Waals surface area (Å²) in [6.45, 7) is 9.75. The van der Waals surface area contributed by atoms with Crippen LogP contribution in [0.2, 0.25) is 0 Å². The number of rotatable bonds is 6. The number of hydrogen-bond donors (Lipinski definition) is 0. The normalized spacial score (nSPS) is 17.1. The molecule has 2 atom stereocenters. The quantitative estimate of drug-likeness (QED) is 0.603. The maximum absolute atomic E-state index is 6.01. The Bertz CT molecular complexity index is 132. The van der Waals surface area contributed by atoms with Crippen LogP contribution in [-0.4, -0.2) is 19.1 Å². The Morgan fingerprint density at radius 1 is 1.31 bits per heavy atom. The van der Waals surface area contributed by atoms with Crippen molar-refractivity contribution in [1.82, 2.24) is 0 Å². The maximum atomic E-state index is 6.01. The fraction of sp³-hybridized carbons (Fsp3) is 1.00. The van der Waals surface area contributed by atoms with E-state index in [0.717, 1.165) is 19.4 Å². The van der Waals surface area contributed by atoms with Crippen LogP contribution in [0.4, 0.5) is 0 Å². The fourth-order valence-electron chi connectivity index (χ4n) is 1.61. The van der Waals surface area contributed by atoms with Crippen molar-refractivity contribution in [2.24, 2.45) is 11.3 Å². The van der Waals surface area contributed by atoms with E-state index < -0.39 is 0 Å². The molecule has 0 N–H and O–H groups in total. The van der Waals surface area contributed by atoms with E-state index in [2.05, 4.69) is 27.7 Å². The fourth-order valence-corrected chi connectivity index (χ4v) is 2.01. The van der Waals surface area contributed by atoms with E-state index in [1.807, 2.05) is 0 Å². The first kappa shape index (κ1) is 13.2. The second kappa shape index (κ2) is 5.87. The van der Waals surface area contributed by atoms with Crippen molar-refractivity contribution in [1.29, 1.82) is 0 Å². The van der Waals surface area contributed by atoms with Gasteiger partial charge in [-0.15, -0.1) is 11.6 Å². The first-order valence-corrected chi connectivity index (χ1v) is 5.47. The van der Waals surface area contributed by atoms with Crippen molar-refractivity contribution in [3.8, 4) is 0 Å². The molecule has 0 spiro atoms. The summed E-state index contributed by atoms with van der Waals surface area (Å²) in [5, 5.41) is 0.264. The summed E-state index contributed by atoms with van der Waals surface area (Å²) in [5.41, 5.74) is 0.319. The third-order valence-corrected chi connectivity index (χ3v) is 3.05. The zero-order valence-corrected chi connectivity index (χ0v) is 10.3. The molecule has 0 heterocycles. The van der Waals surface area contributed by atoms with Gasteiger partial charge >= 0.3 is 0 Å². The van der Waals surface area contributed by atoms with Gasteiger partial charge in [0.15, 0.2) is 0 Å². The molecule has 2 heteroatoms. The Hall–Kier alpha value is 0.250. The van der Waals surface area contributed by atoms with E-state index in [1.165, 1.54) is 0 Å². The molecule has 0 saturated heterocycles. The molecule has 0 amide bonds. The van der Waals surface area contributed by atoms with Crippen molar-refractivity contribution in [2.75, 3.05) is 13.7 Å². The van der Waals surface area contributed by atoms with E-state index in [0.29, 0.717) is 11.3 Å². The highest BCUT2D eigenvalue weighted by molar-refractivity contribution is 6.20. The largest absolute Gasteiger partial charge is 0.385 e. The number of halogens is 1. The van der Waals surface area contributed by atoms with Crippen LogP contribution < -0.4 is 0 Å². The lowest BCUT2D eigenvalue weighted by atomic mass is 9.75. The molecular weight excluding hydrogens is 184 g/mol. The molecular formula is C11H23ClO. The standard InChI is InChI=1S/C11H23ClO/c1-9(6-7-13-5)11(3,4)8-10(2)12/h9-10H,6-8H2,1-5H3. The second-order valence-electron chi connectivity index (χ2n) is 4.66. The Kier molecular flexibility index (Phi) is 5.98. The first-order chi connectivity index (χ1) is 5.90. The molecule has 0 rings (SSSR count). The lowest BCUT2D eigenvalue weighted by molar-refractivity contribution is 0.130. The zero-order chi connectivity index (χ0) is 10.5. The third kappa shape index (κ3) is 5.53. The Morgan fingerprint density at radius 3 is 2.23 bits per heavy atom. The average molecular weight is 207 g/mol. The van der Waals surface area contributed by atoms with E-state index >= 15 is 0 Å². The summed E-state index contributed by atoms with van der Waals surface area (Å²) in [6.07, 6.45) is 2.19. The molecule has 0 aromatic rings. The molecule has 0 fully saturated rings. The molecule has 0 aromatic carbocycles. The van der Waals surface area contributed by atoms with Gasteiger partial charge in [-0.25, -0.2) is 0 Å². The van der Waals surface area contributed by atoms with Gasteiger partial charge < -0.3 is 4.74 Å². The Balaban J connectivity index is 3.94. The summed E-state index contributed by atoms with van der Waals surface area (Å²) < 4.78 is 5.08. The second-order valence-corrected chi connectivity index (χ2v) is 5.40. The maximum Gasteiger partial charge on any atom is 0.0465 e. The van der Waals surface area contributed by atoms with Crippen LogP contribution >= 0.6 is 11.6 Å². The van der Waals surface area contributed by atoms with Gasteiger partial charge in [-0.05, 0) is 31.1 Å². The van der Waals surface area contributed by atoms with Gasteiger partial charge in [0.2, 0.25) is 0 Å². The van der Waals surface area contributed by atoms with Crippen molar-refractivity contribution in [3.63, 3.8) is 0 Å². The minimum Gasteiger partial charge on any atom is -0.385 e. The van der Waals surface area contributed by atoms with Crippen LogP contribution in [0.3, 0.4) is 0 Å². The minimum absolute atomic E-state index is 0.264. The molecule has 0 aliphatic rings. The van der Waals surface area contributed by atoms with Crippen LogP contribution in [0.25, 0.3) is 0 Å². The molecule has 0 radical (unpaired) electrons. The lowest BCUT2D eigenvalue weighted by Crippen LogP contribution is -2.25. The Labute approximate surface area is 87.8 Å². The highest BCUT2D eigenvalue weighted by Gasteiger charge is 2.26. The summed E-state index contributed by atoms with van der Waals surface area (Å²) in [7, 11) is 1.75. The summed E-state index contributed by atoms with van der Waals surface area (Å²) in [5.74, 6) is 0.661. The average Bonchev–Trinajstić information content (AvgIpc) is 1.97. The van der Waals surface area contributed by atoms with Crippen molar-refractivity contribution >= 4 is 11.6 Å². The number of alkyl halides is 1. The number of methoxy groups -OCH3 is 1. The SMILES string of the molecule is COCCC(C)C(C)(C)CC(C)Cl. The molecule has 1 nitrogen and oxygen atoms in total. The van der Waals surface area contributed by atoms with Gasteiger partial charge in [-0.3, -0.25) is 0 Å². The summed E-state index contributed by atoms with van der Waals surface area (Å²) in [6, 6.07) is 0. The summed E-state index contributed by atoms with van der Waals surface area (Å²) >= 11 is 6.01. The minimum atomic E-state index is 0.264. The van der Waals surface area contributed by atoms with E-state index in [-0.39, 0.29) is 5.38 Å². The third-order valence-electron chi connectivity index (χ3n) is 2.90. The predicted octanol–water partition coefficient (Wildman–Crippen LogP) is 3.70. The molecule has 0 aromatic heterocycles. The molecule has 80 valence electrons. The Morgan fingerprint density at radius 2 is 1.85 bits per heavy atom. The molecule has 0 saturated carbocycles. The smallest absolute Gasteiger partial charge is 0.0465 e. The monoisotopic (exact) mass is 206 g/mol. The van der Waals surface area contributed by atoms with Crippen molar-refractivity contribution < 1.29 is 4.74 Å². The van der Waals surface area contributed by atoms with E-state index in [9.17, 15) is 0 Å². The number of ether oxygens (including phenoxy) is 1. The highest BCUT2D eigenvalue weighted by Crippen LogP contribution is 2.35. The van der Waals surface area contributed by atoms with Gasteiger partial charge in [0, 0.05) is 19.1 Å². The van der Waals surface area contributed by atoms with Gasteiger partial charge in [-0.2, -0.15) is 0 Å². The van der Waals surface area contributed by atoms with Gasteiger partial charge in [0.1, 0.15) is 0 Å². The number of hydrogen-bond acceptors (Lipinski definition) is 1. The zero-order valence-electron chi connectivity index (χ0n) is 9.56. The van der Waals surface area contributed by atoms with Crippen LogP contribution in [0.5, 0.6) is 0 Å². The molecule has 13 heavy (non-hydrogen) atoms. The highest BCUT2D eigenvalue weighted by atomic mass is 35.5. The van der Waals surface area contributed by atoms with Gasteiger partial charge in [-0.1, -0.05) is 20.8 Å². The van der Waals surface area contributed by atoms with E-state index in [4.69, 9.17) is 16.3 Å². The topological polar surface area (TPSA) is 9.23 Å². The molecule has 2 unspecified atom stereocenters. The van der Waals surface area contributed by atoms with Crippen LogP contribution in [0, 0.1) is 11.3 Å². The van der Waals surface area contributed by atoms with Gasteiger partial charge in [0.05, 0.1) is 0 Å². The molecule has 0 aliphatic heterocycles. The lowest BCUT2D eigenvalue weighted by Gasteiger charge is -2.32.